The van der Waals surface area contributed by atoms with Crippen molar-refractivity contribution >= 4 is 23.4 Å². The van der Waals surface area contributed by atoms with Crippen molar-refractivity contribution < 1.29 is 14.3 Å². The number of alkyl carbamates (subject to hydrolysis) is 1. The molecule has 6 nitrogen and oxygen atoms in total. The van der Waals surface area contributed by atoms with Crippen LogP contribution in [0.5, 0.6) is 0 Å². The van der Waals surface area contributed by atoms with Crippen molar-refractivity contribution in [3.05, 3.63) is 36.4 Å². The Labute approximate surface area is 148 Å². The molecule has 25 heavy (non-hydrogen) atoms. The number of benzene rings is 1. The number of fused-ring (bicyclic) bond motifs is 1. The van der Waals surface area contributed by atoms with E-state index >= 15 is 0 Å². The van der Waals surface area contributed by atoms with E-state index in [0.717, 1.165) is 24.2 Å². The summed E-state index contributed by atoms with van der Waals surface area (Å²) in [6, 6.07) is 7.36. The van der Waals surface area contributed by atoms with Gasteiger partial charge >= 0.3 is 6.09 Å². The summed E-state index contributed by atoms with van der Waals surface area (Å²) < 4.78 is 5.31. The van der Waals surface area contributed by atoms with Gasteiger partial charge in [-0.2, -0.15) is 0 Å². The van der Waals surface area contributed by atoms with Crippen molar-refractivity contribution in [2.75, 3.05) is 16.8 Å². The molecular formula is C19H25N3O3. The Hall–Kier alpha value is -2.50. The Balaban J connectivity index is 1.82. The minimum Gasteiger partial charge on any atom is -0.444 e. The monoisotopic (exact) mass is 343 g/mol. The number of hydrogen-bond acceptors (Lipinski definition) is 4. The molecule has 2 aliphatic rings. The first-order valence-corrected chi connectivity index (χ1v) is 8.64. The summed E-state index contributed by atoms with van der Waals surface area (Å²) in [5.41, 5.74) is 1.15. The molecule has 1 aliphatic carbocycles. The fraction of sp³-hybridized carbons (Fsp3) is 0.474. The number of amides is 2. The number of ether oxygens (including phenoxy) is 1. The highest BCUT2D eigenvalue weighted by atomic mass is 16.6. The van der Waals surface area contributed by atoms with Crippen LogP contribution in [0, 0.1) is 0 Å². The molecule has 6 heteroatoms. The normalized spacial score (nSPS) is 20.7. The van der Waals surface area contributed by atoms with Crippen molar-refractivity contribution in [1.29, 1.82) is 0 Å². The molecule has 1 heterocycles. The van der Waals surface area contributed by atoms with Gasteiger partial charge in [0.05, 0.1) is 11.4 Å². The Kier molecular flexibility index (Phi) is 4.70. The van der Waals surface area contributed by atoms with Crippen LogP contribution in [0.25, 0.3) is 0 Å². The second kappa shape index (κ2) is 6.78. The minimum atomic E-state index is -0.678. The number of anilines is 2. The molecular weight excluding hydrogens is 318 g/mol. The lowest BCUT2D eigenvalue weighted by molar-refractivity contribution is -0.117. The van der Waals surface area contributed by atoms with Gasteiger partial charge in [-0.25, -0.2) is 4.79 Å². The highest BCUT2D eigenvalue weighted by Crippen LogP contribution is 2.33. The number of para-hydroxylation sites is 2. The van der Waals surface area contributed by atoms with Gasteiger partial charge in [0.1, 0.15) is 11.6 Å². The Morgan fingerprint density at radius 2 is 1.92 bits per heavy atom. The average molecular weight is 343 g/mol. The Morgan fingerprint density at radius 1 is 1.24 bits per heavy atom. The van der Waals surface area contributed by atoms with E-state index in [4.69, 9.17) is 4.74 Å². The van der Waals surface area contributed by atoms with Gasteiger partial charge in [0.25, 0.3) is 0 Å². The zero-order chi connectivity index (χ0) is 18.0. The maximum absolute atomic E-state index is 12.6. The number of hydrogen-bond donors (Lipinski definition) is 2. The van der Waals surface area contributed by atoms with E-state index in [1.807, 2.05) is 24.3 Å². The van der Waals surface area contributed by atoms with E-state index in [-0.39, 0.29) is 11.9 Å². The predicted molar refractivity (Wildman–Crippen MR) is 97.7 cm³/mol. The first-order chi connectivity index (χ1) is 11.8. The molecule has 2 N–H and O–H groups in total. The van der Waals surface area contributed by atoms with Crippen LogP contribution in [0.2, 0.25) is 0 Å². The van der Waals surface area contributed by atoms with E-state index in [2.05, 4.69) is 27.7 Å². The lowest BCUT2D eigenvalue weighted by Crippen LogP contribution is -2.51. The molecule has 3 rings (SSSR count). The van der Waals surface area contributed by atoms with Gasteiger partial charge in [0, 0.05) is 12.6 Å². The molecule has 1 aliphatic heterocycles. The average Bonchev–Trinajstić information content (AvgIpc) is 3.00. The van der Waals surface area contributed by atoms with E-state index in [1.165, 1.54) is 0 Å². The third kappa shape index (κ3) is 4.13. The Bertz CT molecular complexity index is 685. The van der Waals surface area contributed by atoms with Gasteiger partial charge in [-0.05, 0) is 45.7 Å². The second-order valence-electron chi connectivity index (χ2n) is 7.45. The smallest absolute Gasteiger partial charge is 0.408 e. The highest BCUT2D eigenvalue weighted by Gasteiger charge is 2.33. The van der Waals surface area contributed by atoms with Crippen molar-refractivity contribution in [3.63, 3.8) is 0 Å². The lowest BCUT2D eigenvalue weighted by atomic mass is 10.1. The summed E-state index contributed by atoms with van der Waals surface area (Å²) in [6.45, 7) is 5.80. The van der Waals surface area contributed by atoms with Crippen molar-refractivity contribution in [2.24, 2.45) is 0 Å². The quantitative estimate of drug-likeness (QED) is 0.810. The molecule has 134 valence electrons. The highest BCUT2D eigenvalue weighted by molar-refractivity contribution is 6.01. The summed E-state index contributed by atoms with van der Waals surface area (Å²) in [6.07, 6.45) is 5.60. The van der Waals surface area contributed by atoms with Crippen LogP contribution in [-0.4, -0.2) is 36.2 Å². The van der Waals surface area contributed by atoms with Gasteiger partial charge < -0.3 is 20.3 Å². The molecule has 1 unspecified atom stereocenters. The molecule has 0 spiro atoms. The van der Waals surface area contributed by atoms with E-state index in [1.54, 1.807) is 20.8 Å². The molecule has 2 amide bonds. The standard InChI is InChI=1S/C19H25N3O3/c1-19(2,3)25-18(24)21-15-12-22(13-8-4-5-9-13)16-11-7-6-10-14(16)20-17(15)23/h4-7,10-11,13,15H,8-9,12H2,1-3H3,(H,20,23)(H,21,24). The minimum absolute atomic E-state index is 0.230. The maximum atomic E-state index is 12.6. The lowest BCUT2D eigenvalue weighted by Gasteiger charge is -2.32. The fourth-order valence-corrected chi connectivity index (χ4v) is 3.19. The first kappa shape index (κ1) is 17.3. The SMILES string of the molecule is CC(C)(C)OC(=O)NC1CN(C2CC=CC2)c2ccccc2NC1=O. The third-order valence-electron chi connectivity index (χ3n) is 4.28. The summed E-state index contributed by atoms with van der Waals surface area (Å²) in [4.78, 5) is 27.0. The number of rotatable bonds is 2. The number of carbonyl (C=O) groups excluding carboxylic acids is 2. The molecule has 0 radical (unpaired) electrons. The third-order valence-corrected chi connectivity index (χ3v) is 4.28. The van der Waals surface area contributed by atoms with E-state index in [0.29, 0.717) is 6.54 Å². The fourth-order valence-electron chi connectivity index (χ4n) is 3.19. The predicted octanol–water partition coefficient (Wildman–Crippen LogP) is 3.06. The zero-order valence-corrected chi connectivity index (χ0v) is 14.9. The largest absolute Gasteiger partial charge is 0.444 e. The molecule has 0 fully saturated rings. The van der Waals surface area contributed by atoms with Gasteiger partial charge in [0.15, 0.2) is 0 Å². The van der Waals surface area contributed by atoms with Crippen molar-refractivity contribution in [1.82, 2.24) is 5.32 Å². The van der Waals surface area contributed by atoms with Crippen LogP contribution < -0.4 is 15.5 Å². The van der Waals surface area contributed by atoms with Crippen LogP contribution >= 0.6 is 0 Å². The number of nitrogens with one attached hydrogen (secondary N) is 2. The van der Waals surface area contributed by atoms with Gasteiger partial charge in [0.2, 0.25) is 5.91 Å². The van der Waals surface area contributed by atoms with Crippen LogP contribution in [0.1, 0.15) is 33.6 Å². The molecule has 0 bridgehead atoms. The van der Waals surface area contributed by atoms with Crippen molar-refractivity contribution in [2.45, 2.75) is 51.3 Å². The summed E-state index contributed by atoms with van der Waals surface area (Å²) in [5, 5.41) is 5.64. The topological polar surface area (TPSA) is 70.7 Å². The van der Waals surface area contributed by atoms with Crippen LogP contribution in [0.3, 0.4) is 0 Å². The van der Waals surface area contributed by atoms with Crippen LogP contribution in [0.15, 0.2) is 36.4 Å². The van der Waals surface area contributed by atoms with Crippen LogP contribution in [0.4, 0.5) is 16.2 Å². The summed E-state index contributed by atoms with van der Waals surface area (Å²) >= 11 is 0. The first-order valence-electron chi connectivity index (χ1n) is 8.64. The molecule has 1 atom stereocenters. The van der Waals surface area contributed by atoms with Gasteiger partial charge in [-0.3, -0.25) is 4.79 Å². The molecule has 0 saturated carbocycles. The molecule has 1 aromatic carbocycles. The second-order valence-corrected chi connectivity index (χ2v) is 7.45. The zero-order valence-electron chi connectivity index (χ0n) is 14.9. The molecule has 0 aromatic heterocycles. The number of carbonyl (C=O) groups is 2. The van der Waals surface area contributed by atoms with Gasteiger partial charge in [-0.15, -0.1) is 0 Å². The molecule has 0 saturated heterocycles. The summed E-state index contributed by atoms with van der Waals surface area (Å²) in [5.74, 6) is -0.230. The number of nitrogens with zero attached hydrogens (tertiary/aromatic N) is 1. The van der Waals surface area contributed by atoms with E-state index < -0.39 is 17.7 Å². The van der Waals surface area contributed by atoms with Crippen LogP contribution in [-0.2, 0) is 9.53 Å². The van der Waals surface area contributed by atoms with Crippen molar-refractivity contribution in [3.8, 4) is 0 Å². The van der Waals surface area contributed by atoms with Gasteiger partial charge in [-0.1, -0.05) is 24.3 Å². The summed E-state index contributed by atoms with van der Waals surface area (Å²) in [7, 11) is 0. The molecule has 1 aromatic rings. The van der Waals surface area contributed by atoms with E-state index in [9.17, 15) is 9.59 Å². The maximum Gasteiger partial charge on any atom is 0.408 e. The Morgan fingerprint density at radius 3 is 2.60 bits per heavy atom.